The molecule has 8 heteroatoms. The average Bonchev–Trinajstić information content (AvgIpc) is 2.32. The van der Waals surface area contributed by atoms with Crippen LogP contribution in [-0.2, 0) is 27.7 Å². The molecule has 0 aliphatic rings. The number of esters is 1. The van der Waals surface area contributed by atoms with Gasteiger partial charge in [-0.2, -0.15) is 0 Å². The van der Waals surface area contributed by atoms with Crippen molar-refractivity contribution in [1.29, 1.82) is 0 Å². The Labute approximate surface area is 120 Å². The number of hydrogen-bond donors (Lipinski definition) is 0. The molecule has 0 N–H and O–H groups in total. The maximum atomic E-state index is 12.0. The monoisotopic (exact) mass is 310 g/mol. The molecule has 0 aromatic rings. The number of quaternary nitrogens is 1. The predicted molar refractivity (Wildman–Crippen MR) is 75.2 cm³/mol. The van der Waals surface area contributed by atoms with Gasteiger partial charge >= 0.3 is 13.8 Å². The fourth-order valence-corrected chi connectivity index (χ4v) is 1.86. The molecule has 0 aromatic carbocycles. The van der Waals surface area contributed by atoms with E-state index in [9.17, 15) is 9.36 Å². The zero-order valence-corrected chi connectivity index (χ0v) is 13.8. The third-order valence-electron chi connectivity index (χ3n) is 2.15. The van der Waals surface area contributed by atoms with Crippen LogP contribution < -0.4 is 0 Å². The number of phosphoric ester groups is 1. The van der Waals surface area contributed by atoms with Crippen molar-refractivity contribution in [3.63, 3.8) is 0 Å². The van der Waals surface area contributed by atoms with Crippen LogP contribution in [0.5, 0.6) is 0 Å². The molecule has 0 radical (unpaired) electrons. The van der Waals surface area contributed by atoms with E-state index in [1.807, 2.05) is 21.1 Å². The van der Waals surface area contributed by atoms with Gasteiger partial charge in [0, 0.05) is 12.7 Å². The number of ether oxygens (including phenoxy) is 1. The lowest BCUT2D eigenvalue weighted by molar-refractivity contribution is -0.870. The second-order valence-electron chi connectivity index (χ2n) is 5.23. The molecule has 1 atom stereocenters. The smallest absolute Gasteiger partial charge is 0.460 e. The number of carbonyl (C=O) groups excluding carboxylic acids is 1. The zero-order valence-electron chi connectivity index (χ0n) is 12.9. The first-order valence-corrected chi connectivity index (χ1v) is 7.63. The van der Waals surface area contributed by atoms with E-state index >= 15 is 0 Å². The van der Waals surface area contributed by atoms with Crippen molar-refractivity contribution < 1.29 is 32.2 Å². The second-order valence-corrected chi connectivity index (χ2v) is 7.00. The molecule has 0 saturated carbocycles. The van der Waals surface area contributed by atoms with Crippen LogP contribution in [0.25, 0.3) is 0 Å². The Morgan fingerprint density at radius 1 is 1.15 bits per heavy atom. The average molecular weight is 310 g/mol. The van der Waals surface area contributed by atoms with E-state index in [0.29, 0.717) is 16.6 Å². The molecule has 0 aliphatic heterocycles. The van der Waals surface area contributed by atoms with Crippen LogP contribution in [0.1, 0.15) is 6.92 Å². The van der Waals surface area contributed by atoms with Gasteiger partial charge in [0.2, 0.25) is 0 Å². The van der Waals surface area contributed by atoms with E-state index in [1.54, 1.807) is 0 Å². The second kappa shape index (κ2) is 8.54. The first-order valence-electron chi connectivity index (χ1n) is 6.17. The maximum Gasteiger partial charge on any atom is 0.474 e. The molecule has 0 rings (SSSR count). The lowest BCUT2D eigenvalue weighted by Crippen LogP contribution is -2.37. The molecule has 0 fully saturated rings. The molecule has 20 heavy (non-hydrogen) atoms. The standard InChI is InChI=1S/C12H25NO6P/c1-11(2)12(14)17-9-10-19-20(15,16-6)18-8-7-13(3,4)5/h1,7-10H2,2-6H3/q+1. The summed E-state index contributed by atoms with van der Waals surface area (Å²) < 4.78 is 32.4. The van der Waals surface area contributed by atoms with E-state index < -0.39 is 13.8 Å². The number of rotatable bonds is 10. The van der Waals surface area contributed by atoms with Gasteiger partial charge in [-0.15, -0.1) is 0 Å². The van der Waals surface area contributed by atoms with Crippen molar-refractivity contribution in [2.45, 2.75) is 6.92 Å². The lowest BCUT2D eigenvalue weighted by atomic mass is 10.4. The highest BCUT2D eigenvalue weighted by atomic mass is 31.2. The van der Waals surface area contributed by atoms with Gasteiger partial charge in [-0.3, -0.25) is 13.6 Å². The first-order chi connectivity index (χ1) is 9.09. The normalized spacial score (nSPS) is 14.7. The summed E-state index contributed by atoms with van der Waals surface area (Å²) in [6, 6.07) is 0. The fourth-order valence-electron chi connectivity index (χ4n) is 0.976. The van der Waals surface area contributed by atoms with Crippen LogP contribution in [0.3, 0.4) is 0 Å². The lowest BCUT2D eigenvalue weighted by Gasteiger charge is -2.24. The van der Waals surface area contributed by atoms with Crippen molar-refractivity contribution in [3.8, 4) is 0 Å². The van der Waals surface area contributed by atoms with Crippen LogP contribution in [-0.4, -0.2) is 65.1 Å². The van der Waals surface area contributed by atoms with Crippen molar-refractivity contribution in [1.82, 2.24) is 0 Å². The molecule has 0 bridgehead atoms. The molecule has 0 aromatic heterocycles. The molecule has 1 unspecified atom stereocenters. The summed E-state index contributed by atoms with van der Waals surface area (Å²) in [6.45, 7) is 5.75. The Morgan fingerprint density at radius 3 is 2.15 bits per heavy atom. The van der Waals surface area contributed by atoms with Gasteiger partial charge in [-0.1, -0.05) is 6.58 Å². The highest BCUT2D eigenvalue weighted by Crippen LogP contribution is 2.48. The molecule has 118 valence electrons. The summed E-state index contributed by atoms with van der Waals surface area (Å²) in [6.07, 6.45) is 0. The van der Waals surface area contributed by atoms with Gasteiger partial charge in [0.25, 0.3) is 0 Å². The molecular weight excluding hydrogens is 285 g/mol. The Kier molecular flexibility index (Phi) is 8.23. The number of nitrogens with zero attached hydrogens (tertiary/aromatic N) is 1. The van der Waals surface area contributed by atoms with Crippen molar-refractivity contribution >= 4 is 13.8 Å². The number of carbonyl (C=O) groups is 1. The van der Waals surface area contributed by atoms with Crippen LogP contribution >= 0.6 is 7.82 Å². The molecule has 0 saturated heterocycles. The molecule has 7 nitrogen and oxygen atoms in total. The number of phosphoric acid groups is 1. The zero-order chi connectivity index (χ0) is 15.8. The summed E-state index contributed by atoms with van der Waals surface area (Å²) >= 11 is 0. The molecule has 0 spiro atoms. The highest BCUT2D eigenvalue weighted by Gasteiger charge is 2.26. The summed E-state index contributed by atoms with van der Waals surface area (Å²) in [5.74, 6) is -0.521. The summed E-state index contributed by atoms with van der Waals surface area (Å²) in [5.41, 5.74) is 0.291. The fraction of sp³-hybridized carbons (Fsp3) is 0.750. The summed E-state index contributed by atoms with van der Waals surface area (Å²) in [7, 11) is 3.60. The minimum atomic E-state index is -3.59. The van der Waals surface area contributed by atoms with Gasteiger partial charge in [-0.05, 0) is 6.92 Å². The minimum Gasteiger partial charge on any atom is -0.460 e. The Morgan fingerprint density at radius 2 is 1.70 bits per heavy atom. The molecular formula is C12H25NO6P+. The van der Waals surface area contributed by atoms with E-state index in [4.69, 9.17) is 18.3 Å². The van der Waals surface area contributed by atoms with Gasteiger partial charge in [0.15, 0.2) is 0 Å². The van der Waals surface area contributed by atoms with Crippen LogP contribution in [0.15, 0.2) is 12.2 Å². The molecule has 0 amide bonds. The number of likely N-dealkylation sites (N-methyl/N-ethyl adjacent to an activating group) is 1. The van der Waals surface area contributed by atoms with Crippen LogP contribution in [0.4, 0.5) is 0 Å². The maximum absolute atomic E-state index is 12.0. The summed E-state index contributed by atoms with van der Waals surface area (Å²) in [5, 5.41) is 0. The largest absolute Gasteiger partial charge is 0.474 e. The Bertz CT molecular complexity index is 377. The van der Waals surface area contributed by atoms with Crippen molar-refractivity contribution in [2.75, 3.05) is 54.6 Å². The predicted octanol–water partition coefficient (Wildman–Crippen LogP) is 1.60. The van der Waals surface area contributed by atoms with Crippen molar-refractivity contribution in [3.05, 3.63) is 12.2 Å². The van der Waals surface area contributed by atoms with Crippen molar-refractivity contribution in [2.24, 2.45) is 0 Å². The SMILES string of the molecule is C=C(C)C(=O)OCCOP(=O)(OC)OCC[N+](C)(C)C. The van der Waals surface area contributed by atoms with Gasteiger partial charge in [0.1, 0.15) is 19.8 Å². The van der Waals surface area contributed by atoms with Gasteiger partial charge in [0.05, 0.1) is 27.7 Å². The third kappa shape index (κ3) is 9.23. The van der Waals surface area contributed by atoms with E-state index in [2.05, 4.69) is 6.58 Å². The van der Waals surface area contributed by atoms with Gasteiger partial charge < -0.3 is 9.22 Å². The topological polar surface area (TPSA) is 71.1 Å². The Hall–Kier alpha value is -0.720. The highest BCUT2D eigenvalue weighted by molar-refractivity contribution is 7.48. The van der Waals surface area contributed by atoms with E-state index in [-0.39, 0.29) is 19.8 Å². The number of hydrogen-bond acceptors (Lipinski definition) is 6. The van der Waals surface area contributed by atoms with E-state index in [0.717, 1.165) is 0 Å². The van der Waals surface area contributed by atoms with Gasteiger partial charge in [-0.25, -0.2) is 9.36 Å². The van der Waals surface area contributed by atoms with Crippen LogP contribution in [0.2, 0.25) is 0 Å². The summed E-state index contributed by atoms with van der Waals surface area (Å²) in [4.78, 5) is 11.1. The third-order valence-corrected chi connectivity index (χ3v) is 3.59. The first kappa shape index (κ1) is 19.3. The van der Waals surface area contributed by atoms with E-state index in [1.165, 1.54) is 14.0 Å². The Balaban J connectivity index is 4.03. The molecule has 0 aliphatic carbocycles. The molecule has 0 heterocycles. The van der Waals surface area contributed by atoms with Crippen LogP contribution in [0, 0.1) is 0 Å². The quantitative estimate of drug-likeness (QED) is 0.201. The minimum absolute atomic E-state index is 0.0439.